The Kier molecular flexibility index (Phi) is 5.02. The number of aromatic nitrogens is 2. The number of hydrogen-bond acceptors (Lipinski definition) is 6. The average molecular weight is 319 g/mol. The highest BCUT2D eigenvalue weighted by atomic mass is 16.5. The van der Waals surface area contributed by atoms with Gasteiger partial charge in [-0.15, -0.1) is 10.2 Å². The summed E-state index contributed by atoms with van der Waals surface area (Å²) in [7, 11) is 0. The normalized spacial score (nSPS) is 19.5. The van der Waals surface area contributed by atoms with E-state index >= 15 is 0 Å². The molecule has 0 bridgehead atoms. The Labute approximate surface area is 134 Å². The SMILES string of the molecule is O=CN1CCN(c2ccc(NC(=O)C3CCOCC3)nn2)CC1. The summed E-state index contributed by atoms with van der Waals surface area (Å²) < 4.78 is 5.26. The fourth-order valence-corrected chi connectivity index (χ4v) is 2.81. The third-order valence-corrected chi connectivity index (χ3v) is 4.28. The van der Waals surface area contributed by atoms with Crippen LogP contribution >= 0.6 is 0 Å². The van der Waals surface area contributed by atoms with Crippen molar-refractivity contribution in [1.82, 2.24) is 15.1 Å². The number of rotatable bonds is 4. The van der Waals surface area contributed by atoms with Gasteiger partial charge in [0, 0.05) is 45.3 Å². The lowest BCUT2D eigenvalue weighted by molar-refractivity contribution is -0.122. The fourth-order valence-electron chi connectivity index (χ4n) is 2.81. The maximum absolute atomic E-state index is 12.1. The zero-order chi connectivity index (χ0) is 16.1. The van der Waals surface area contributed by atoms with Crippen molar-refractivity contribution in [3.63, 3.8) is 0 Å². The summed E-state index contributed by atoms with van der Waals surface area (Å²) in [5.74, 6) is 1.20. The van der Waals surface area contributed by atoms with Crippen molar-refractivity contribution in [2.75, 3.05) is 49.6 Å². The van der Waals surface area contributed by atoms with E-state index in [1.807, 2.05) is 6.07 Å². The standard InChI is InChI=1S/C15H21N5O3/c21-11-19-5-7-20(8-6-19)14-2-1-13(17-18-14)16-15(22)12-3-9-23-10-4-12/h1-2,11-12H,3-10H2,(H,16,17,22). The number of amides is 2. The predicted molar refractivity (Wildman–Crippen MR) is 84.1 cm³/mol. The molecule has 2 saturated heterocycles. The summed E-state index contributed by atoms with van der Waals surface area (Å²) in [5.41, 5.74) is 0. The molecule has 2 aliphatic rings. The van der Waals surface area contributed by atoms with Crippen LogP contribution in [0.3, 0.4) is 0 Å². The molecule has 0 unspecified atom stereocenters. The van der Waals surface area contributed by atoms with Crippen molar-refractivity contribution in [1.29, 1.82) is 0 Å². The third kappa shape index (κ3) is 3.95. The van der Waals surface area contributed by atoms with Gasteiger partial charge in [0.25, 0.3) is 0 Å². The van der Waals surface area contributed by atoms with Crippen LogP contribution in [0.1, 0.15) is 12.8 Å². The van der Waals surface area contributed by atoms with Gasteiger partial charge in [-0.25, -0.2) is 0 Å². The first-order chi connectivity index (χ1) is 11.3. The molecule has 1 aromatic heterocycles. The summed E-state index contributed by atoms with van der Waals surface area (Å²) in [4.78, 5) is 26.7. The third-order valence-electron chi connectivity index (χ3n) is 4.28. The first-order valence-corrected chi connectivity index (χ1v) is 7.93. The van der Waals surface area contributed by atoms with E-state index in [1.54, 1.807) is 11.0 Å². The quantitative estimate of drug-likeness (QED) is 0.793. The monoisotopic (exact) mass is 319 g/mol. The highest BCUT2D eigenvalue weighted by Crippen LogP contribution is 2.18. The van der Waals surface area contributed by atoms with Crippen LogP contribution < -0.4 is 10.2 Å². The van der Waals surface area contributed by atoms with Crippen molar-refractivity contribution in [2.24, 2.45) is 5.92 Å². The Morgan fingerprint density at radius 1 is 1.17 bits per heavy atom. The largest absolute Gasteiger partial charge is 0.381 e. The van der Waals surface area contributed by atoms with Crippen LogP contribution in [-0.2, 0) is 14.3 Å². The van der Waals surface area contributed by atoms with E-state index in [0.29, 0.717) is 32.1 Å². The molecule has 124 valence electrons. The van der Waals surface area contributed by atoms with Gasteiger partial charge in [0.15, 0.2) is 11.6 Å². The molecule has 0 aliphatic carbocycles. The number of carbonyl (C=O) groups is 2. The summed E-state index contributed by atoms with van der Waals surface area (Å²) in [6.45, 7) is 4.12. The molecule has 1 aromatic rings. The highest BCUT2D eigenvalue weighted by molar-refractivity contribution is 5.91. The van der Waals surface area contributed by atoms with Crippen LogP contribution in [0.25, 0.3) is 0 Å². The van der Waals surface area contributed by atoms with Gasteiger partial charge in [-0.3, -0.25) is 9.59 Å². The molecule has 2 amide bonds. The Bertz CT molecular complexity index is 537. The number of piperazine rings is 1. The van der Waals surface area contributed by atoms with Crippen molar-refractivity contribution in [2.45, 2.75) is 12.8 Å². The van der Waals surface area contributed by atoms with Crippen LogP contribution in [0, 0.1) is 5.92 Å². The molecule has 3 rings (SSSR count). The molecule has 8 nitrogen and oxygen atoms in total. The minimum Gasteiger partial charge on any atom is -0.381 e. The Hall–Kier alpha value is -2.22. The molecule has 0 saturated carbocycles. The van der Waals surface area contributed by atoms with Gasteiger partial charge in [0.05, 0.1) is 0 Å². The summed E-state index contributed by atoms with van der Waals surface area (Å²) >= 11 is 0. The zero-order valence-electron chi connectivity index (χ0n) is 13.0. The second-order valence-corrected chi connectivity index (χ2v) is 5.78. The van der Waals surface area contributed by atoms with E-state index in [-0.39, 0.29) is 11.8 Å². The van der Waals surface area contributed by atoms with E-state index in [1.165, 1.54) is 0 Å². The summed E-state index contributed by atoms with van der Waals surface area (Å²) in [5, 5.41) is 11.1. The van der Waals surface area contributed by atoms with Crippen LogP contribution in [0.2, 0.25) is 0 Å². The number of ether oxygens (including phenoxy) is 1. The lowest BCUT2D eigenvalue weighted by atomic mass is 9.99. The van der Waals surface area contributed by atoms with Crippen molar-refractivity contribution in [3.05, 3.63) is 12.1 Å². The maximum atomic E-state index is 12.1. The molecule has 2 fully saturated rings. The smallest absolute Gasteiger partial charge is 0.228 e. The van der Waals surface area contributed by atoms with Crippen molar-refractivity contribution in [3.8, 4) is 0 Å². The van der Waals surface area contributed by atoms with E-state index in [2.05, 4.69) is 20.4 Å². The van der Waals surface area contributed by atoms with E-state index in [0.717, 1.165) is 38.2 Å². The molecule has 2 aliphatic heterocycles. The highest BCUT2D eigenvalue weighted by Gasteiger charge is 2.22. The molecule has 3 heterocycles. The fraction of sp³-hybridized carbons (Fsp3) is 0.600. The first kappa shape index (κ1) is 15.7. The average Bonchev–Trinajstić information content (AvgIpc) is 2.63. The first-order valence-electron chi connectivity index (χ1n) is 7.93. The predicted octanol–water partition coefficient (Wildman–Crippen LogP) is 0.120. The maximum Gasteiger partial charge on any atom is 0.228 e. The molecule has 0 spiro atoms. The summed E-state index contributed by atoms with van der Waals surface area (Å²) in [6.07, 6.45) is 2.37. The van der Waals surface area contributed by atoms with Gasteiger partial charge < -0.3 is 19.9 Å². The molecular weight excluding hydrogens is 298 g/mol. The van der Waals surface area contributed by atoms with Crippen LogP contribution in [0.15, 0.2) is 12.1 Å². The number of hydrogen-bond donors (Lipinski definition) is 1. The molecule has 0 atom stereocenters. The van der Waals surface area contributed by atoms with Gasteiger partial charge in [-0.1, -0.05) is 0 Å². The topological polar surface area (TPSA) is 87.7 Å². The van der Waals surface area contributed by atoms with Crippen LogP contribution in [-0.4, -0.2) is 66.8 Å². The molecular formula is C15H21N5O3. The molecule has 0 aromatic carbocycles. The van der Waals surface area contributed by atoms with E-state index < -0.39 is 0 Å². The summed E-state index contributed by atoms with van der Waals surface area (Å²) in [6, 6.07) is 3.62. The number of nitrogens with zero attached hydrogens (tertiary/aromatic N) is 4. The molecule has 0 radical (unpaired) electrons. The minimum absolute atomic E-state index is 0.0124. The number of carbonyl (C=O) groups excluding carboxylic acids is 2. The van der Waals surface area contributed by atoms with Crippen molar-refractivity contribution >= 4 is 24.0 Å². The number of nitrogens with one attached hydrogen (secondary N) is 1. The Morgan fingerprint density at radius 3 is 2.52 bits per heavy atom. The van der Waals surface area contributed by atoms with Crippen LogP contribution in [0.5, 0.6) is 0 Å². The molecule has 1 N–H and O–H groups in total. The Morgan fingerprint density at radius 2 is 1.91 bits per heavy atom. The minimum atomic E-state index is -0.0186. The second kappa shape index (κ2) is 7.36. The number of anilines is 2. The van der Waals surface area contributed by atoms with Gasteiger partial charge in [0.2, 0.25) is 12.3 Å². The van der Waals surface area contributed by atoms with Gasteiger partial charge in [-0.2, -0.15) is 0 Å². The van der Waals surface area contributed by atoms with Crippen molar-refractivity contribution < 1.29 is 14.3 Å². The van der Waals surface area contributed by atoms with Gasteiger partial charge >= 0.3 is 0 Å². The lowest BCUT2D eigenvalue weighted by Gasteiger charge is -2.32. The van der Waals surface area contributed by atoms with Gasteiger partial charge in [0.1, 0.15) is 0 Å². The lowest BCUT2D eigenvalue weighted by Crippen LogP contribution is -2.46. The zero-order valence-corrected chi connectivity index (χ0v) is 13.0. The van der Waals surface area contributed by atoms with E-state index in [9.17, 15) is 9.59 Å². The molecule has 8 heteroatoms. The second-order valence-electron chi connectivity index (χ2n) is 5.78. The van der Waals surface area contributed by atoms with Crippen LogP contribution in [0.4, 0.5) is 11.6 Å². The van der Waals surface area contributed by atoms with Gasteiger partial charge in [-0.05, 0) is 25.0 Å². The van der Waals surface area contributed by atoms with E-state index in [4.69, 9.17) is 4.74 Å². The Balaban J connectivity index is 1.54. The molecule has 23 heavy (non-hydrogen) atoms.